The van der Waals surface area contributed by atoms with Crippen LogP contribution in [0.4, 0.5) is 4.39 Å². The molecule has 0 aliphatic heterocycles. The van der Waals surface area contributed by atoms with Crippen LogP contribution in [0.25, 0.3) is 0 Å². The summed E-state index contributed by atoms with van der Waals surface area (Å²) >= 11 is 3.18. The van der Waals surface area contributed by atoms with E-state index in [4.69, 9.17) is 5.11 Å². The maximum Gasteiger partial charge on any atom is 0.339 e. The molecule has 0 fully saturated rings. The van der Waals surface area contributed by atoms with Crippen LogP contribution in [0.5, 0.6) is 0 Å². The van der Waals surface area contributed by atoms with E-state index in [-0.39, 0.29) is 11.4 Å². The predicted molar refractivity (Wildman–Crippen MR) is 71.9 cm³/mol. The third kappa shape index (κ3) is 2.53. The van der Waals surface area contributed by atoms with E-state index in [0.717, 1.165) is 0 Å². The van der Waals surface area contributed by atoms with Gasteiger partial charge in [0.05, 0.1) is 22.4 Å². The number of aromatic carboxylic acids is 1. The van der Waals surface area contributed by atoms with Crippen molar-refractivity contribution < 1.29 is 14.3 Å². The molecule has 0 radical (unpaired) electrons. The first-order valence-corrected chi connectivity index (χ1v) is 6.41. The lowest BCUT2D eigenvalue weighted by molar-refractivity contribution is 0.0695. The second kappa shape index (κ2) is 5.13. The van der Waals surface area contributed by atoms with Crippen LogP contribution >= 0.6 is 15.9 Å². The molecule has 1 heterocycles. The zero-order valence-corrected chi connectivity index (χ0v) is 12.0. The maximum absolute atomic E-state index is 13.4. The highest BCUT2D eigenvalue weighted by Gasteiger charge is 2.18. The van der Waals surface area contributed by atoms with Crippen molar-refractivity contribution >= 4 is 21.9 Å². The van der Waals surface area contributed by atoms with Gasteiger partial charge < -0.3 is 5.11 Å². The SMILES string of the molecule is Cc1nn(Cc2cccc(F)c2Br)c(C)c1C(=O)O. The monoisotopic (exact) mass is 326 g/mol. The first kappa shape index (κ1) is 13.7. The van der Waals surface area contributed by atoms with Crippen LogP contribution in [-0.2, 0) is 6.54 Å². The molecule has 2 rings (SSSR count). The summed E-state index contributed by atoms with van der Waals surface area (Å²) in [6, 6.07) is 4.74. The van der Waals surface area contributed by atoms with Crippen molar-refractivity contribution in [2.45, 2.75) is 20.4 Å². The molecule has 0 aliphatic rings. The standard InChI is InChI=1S/C13H12BrFN2O2/c1-7-11(13(18)19)8(2)17(16-7)6-9-4-3-5-10(15)12(9)14/h3-5H,6H2,1-2H3,(H,18,19). The number of rotatable bonds is 3. The van der Waals surface area contributed by atoms with Gasteiger partial charge in [-0.3, -0.25) is 4.68 Å². The Morgan fingerprint density at radius 3 is 2.74 bits per heavy atom. The van der Waals surface area contributed by atoms with Gasteiger partial charge in [-0.15, -0.1) is 0 Å². The molecule has 0 unspecified atom stereocenters. The van der Waals surface area contributed by atoms with Crippen molar-refractivity contribution in [1.82, 2.24) is 9.78 Å². The Hall–Kier alpha value is -1.69. The van der Waals surface area contributed by atoms with Gasteiger partial charge in [0.15, 0.2) is 0 Å². The van der Waals surface area contributed by atoms with Gasteiger partial charge in [0.1, 0.15) is 11.4 Å². The van der Waals surface area contributed by atoms with Gasteiger partial charge in [0.2, 0.25) is 0 Å². The number of hydrogen-bond acceptors (Lipinski definition) is 2. The fourth-order valence-electron chi connectivity index (χ4n) is 1.99. The molecule has 19 heavy (non-hydrogen) atoms. The molecule has 0 atom stereocenters. The number of benzene rings is 1. The van der Waals surface area contributed by atoms with Crippen molar-refractivity contribution in [3.63, 3.8) is 0 Å². The number of aryl methyl sites for hydroxylation is 1. The predicted octanol–water partition coefficient (Wildman–Crippen LogP) is 3.15. The fraction of sp³-hybridized carbons (Fsp3) is 0.231. The molecule has 6 heteroatoms. The summed E-state index contributed by atoms with van der Waals surface area (Å²) in [4.78, 5) is 11.1. The summed E-state index contributed by atoms with van der Waals surface area (Å²) in [6.45, 7) is 3.66. The smallest absolute Gasteiger partial charge is 0.339 e. The number of nitrogens with zero attached hydrogens (tertiary/aromatic N) is 2. The van der Waals surface area contributed by atoms with Gasteiger partial charge in [-0.2, -0.15) is 5.10 Å². The molecule has 1 aromatic carbocycles. The van der Waals surface area contributed by atoms with Crippen LogP contribution in [-0.4, -0.2) is 20.9 Å². The summed E-state index contributed by atoms with van der Waals surface area (Å²) in [5.41, 5.74) is 1.92. The highest BCUT2D eigenvalue weighted by Crippen LogP contribution is 2.22. The number of hydrogen-bond donors (Lipinski definition) is 1. The maximum atomic E-state index is 13.4. The van der Waals surface area contributed by atoms with Gasteiger partial charge in [0.25, 0.3) is 0 Å². The summed E-state index contributed by atoms with van der Waals surface area (Å²) in [5.74, 6) is -1.35. The Morgan fingerprint density at radius 2 is 2.16 bits per heavy atom. The molecule has 0 saturated heterocycles. The average Bonchev–Trinajstić information content (AvgIpc) is 2.60. The van der Waals surface area contributed by atoms with Crippen LogP contribution in [0, 0.1) is 19.7 Å². The minimum Gasteiger partial charge on any atom is -0.478 e. The topological polar surface area (TPSA) is 55.1 Å². The molecule has 0 bridgehead atoms. The van der Waals surface area contributed by atoms with Crippen LogP contribution in [0.3, 0.4) is 0 Å². The van der Waals surface area contributed by atoms with Crippen molar-refractivity contribution in [1.29, 1.82) is 0 Å². The highest BCUT2D eigenvalue weighted by molar-refractivity contribution is 9.10. The molecule has 0 aliphatic carbocycles. The normalized spacial score (nSPS) is 10.7. The second-order valence-electron chi connectivity index (χ2n) is 4.22. The highest BCUT2D eigenvalue weighted by atomic mass is 79.9. The van der Waals surface area contributed by atoms with Gasteiger partial charge in [-0.05, 0) is 41.4 Å². The molecule has 0 saturated carbocycles. The van der Waals surface area contributed by atoms with E-state index in [2.05, 4.69) is 21.0 Å². The van der Waals surface area contributed by atoms with E-state index >= 15 is 0 Å². The zero-order chi connectivity index (χ0) is 14.2. The number of carbonyl (C=O) groups is 1. The minimum atomic E-state index is -1.00. The Labute approximate surface area is 118 Å². The van der Waals surface area contributed by atoms with Crippen molar-refractivity contribution in [3.05, 3.63) is 51.0 Å². The molecule has 0 spiro atoms. The van der Waals surface area contributed by atoms with Crippen LogP contribution in [0.2, 0.25) is 0 Å². The third-order valence-electron chi connectivity index (χ3n) is 2.95. The van der Waals surface area contributed by atoms with Gasteiger partial charge >= 0.3 is 5.97 Å². The largest absolute Gasteiger partial charge is 0.478 e. The summed E-state index contributed by atoms with van der Waals surface area (Å²) in [5, 5.41) is 13.3. The van der Waals surface area contributed by atoms with Gasteiger partial charge in [-0.1, -0.05) is 12.1 Å². The summed E-state index contributed by atoms with van der Waals surface area (Å²) < 4.78 is 15.4. The lowest BCUT2D eigenvalue weighted by Gasteiger charge is -2.07. The van der Waals surface area contributed by atoms with E-state index in [9.17, 15) is 9.18 Å². The Bertz CT molecular complexity index is 652. The third-order valence-corrected chi connectivity index (χ3v) is 3.84. The number of carboxylic acid groups (broad SMARTS) is 1. The lowest BCUT2D eigenvalue weighted by atomic mass is 10.2. The minimum absolute atomic E-state index is 0.201. The summed E-state index contributed by atoms with van der Waals surface area (Å²) in [7, 11) is 0. The second-order valence-corrected chi connectivity index (χ2v) is 5.01. The molecule has 1 N–H and O–H groups in total. The van der Waals surface area contributed by atoms with Crippen molar-refractivity contribution in [3.8, 4) is 0 Å². The van der Waals surface area contributed by atoms with Gasteiger partial charge in [0, 0.05) is 0 Å². The molecular weight excluding hydrogens is 315 g/mol. The molecule has 4 nitrogen and oxygen atoms in total. The lowest BCUT2D eigenvalue weighted by Crippen LogP contribution is -2.06. The zero-order valence-electron chi connectivity index (χ0n) is 10.4. The van der Waals surface area contributed by atoms with Gasteiger partial charge in [-0.25, -0.2) is 9.18 Å². The number of carboxylic acids is 1. The van der Waals surface area contributed by atoms with E-state index in [1.165, 1.54) is 6.07 Å². The van der Waals surface area contributed by atoms with E-state index in [1.54, 1.807) is 30.7 Å². The number of halogens is 2. The summed E-state index contributed by atoms with van der Waals surface area (Å²) in [6.07, 6.45) is 0. The Kier molecular flexibility index (Phi) is 3.71. The Morgan fingerprint density at radius 1 is 1.47 bits per heavy atom. The molecule has 2 aromatic rings. The molecule has 100 valence electrons. The first-order chi connectivity index (χ1) is 8.91. The molecule has 0 amide bonds. The fourth-order valence-corrected chi connectivity index (χ4v) is 2.38. The van der Waals surface area contributed by atoms with Crippen LogP contribution in [0.1, 0.15) is 27.3 Å². The quantitative estimate of drug-likeness (QED) is 0.942. The van der Waals surface area contributed by atoms with Crippen molar-refractivity contribution in [2.75, 3.05) is 0 Å². The van der Waals surface area contributed by atoms with Crippen molar-refractivity contribution in [2.24, 2.45) is 0 Å². The van der Waals surface area contributed by atoms with E-state index in [0.29, 0.717) is 28.0 Å². The average molecular weight is 327 g/mol. The Balaban J connectivity index is 2.42. The van der Waals surface area contributed by atoms with Crippen LogP contribution in [0.15, 0.2) is 22.7 Å². The molecular formula is C13H12BrFN2O2. The number of aromatic nitrogens is 2. The van der Waals surface area contributed by atoms with Crippen LogP contribution < -0.4 is 0 Å². The first-order valence-electron chi connectivity index (χ1n) is 5.62. The molecule has 1 aromatic heterocycles. The van der Waals surface area contributed by atoms with E-state index in [1.807, 2.05) is 0 Å². The van der Waals surface area contributed by atoms with E-state index < -0.39 is 5.97 Å².